The number of nitrogens with zero attached hydrogens (tertiary/aromatic N) is 1. The lowest BCUT2D eigenvalue weighted by molar-refractivity contribution is -0.147. The lowest BCUT2D eigenvalue weighted by Crippen LogP contribution is -2.51. The molecule has 2 unspecified atom stereocenters. The second-order valence-corrected chi connectivity index (χ2v) is 12.7. The van der Waals surface area contributed by atoms with E-state index >= 15 is 0 Å². The van der Waals surface area contributed by atoms with Gasteiger partial charge in [0.25, 0.3) is 0 Å². The van der Waals surface area contributed by atoms with E-state index < -0.39 is 34.0 Å². The summed E-state index contributed by atoms with van der Waals surface area (Å²) in [5.41, 5.74) is 0.875. The van der Waals surface area contributed by atoms with Gasteiger partial charge in [-0.2, -0.15) is 4.31 Å². The zero-order valence-corrected chi connectivity index (χ0v) is 25.1. The van der Waals surface area contributed by atoms with Gasteiger partial charge in [0.05, 0.1) is 50.6 Å². The van der Waals surface area contributed by atoms with Crippen LogP contribution in [0.25, 0.3) is 0 Å². The Balaban J connectivity index is 1.50. The largest absolute Gasteiger partial charge is 0.497 e. The molecule has 2 aliphatic rings. The predicted octanol–water partition coefficient (Wildman–Crippen LogP) is 3.11. The van der Waals surface area contributed by atoms with Crippen molar-refractivity contribution in [2.45, 2.75) is 68.0 Å². The van der Waals surface area contributed by atoms with Crippen molar-refractivity contribution in [3.8, 4) is 5.75 Å². The maximum atomic E-state index is 13.8. The Morgan fingerprint density at radius 1 is 1.10 bits per heavy atom. The highest BCUT2D eigenvalue weighted by molar-refractivity contribution is 7.89. The average molecular weight is 607 g/mol. The SMILES string of the molecule is COc1ccc(S(=O)(=O)N(CCCCC2(C)OCCO2)CC(O)[C@H](Cc2ccccc2)NC(=O)OC2CCOC2)cc1. The first kappa shape index (κ1) is 32.2. The summed E-state index contributed by atoms with van der Waals surface area (Å²) in [7, 11) is -2.49. The van der Waals surface area contributed by atoms with Crippen LogP contribution in [0.15, 0.2) is 59.5 Å². The highest BCUT2D eigenvalue weighted by Crippen LogP contribution is 2.26. The third-order valence-corrected chi connectivity index (χ3v) is 9.38. The molecule has 2 heterocycles. The van der Waals surface area contributed by atoms with Gasteiger partial charge in [-0.1, -0.05) is 30.3 Å². The number of ether oxygens (including phenoxy) is 5. The molecule has 2 aromatic rings. The number of alkyl carbamates (subject to hydrolysis) is 1. The minimum Gasteiger partial charge on any atom is -0.497 e. The van der Waals surface area contributed by atoms with Crippen molar-refractivity contribution in [3.63, 3.8) is 0 Å². The Hall–Kier alpha value is -2.74. The van der Waals surface area contributed by atoms with Crippen LogP contribution in [0.4, 0.5) is 4.79 Å². The van der Waals surface area contributed by atoms with E-state index in [0.717, 1.165) is 5.56 Å². The highest BCUT2D eigenvalue weighted by Gasteiger charge is 2.33. The maximum Gasteiger partial charge on any atom is 0.407 e. The molecule has 2 aromatic carbocycles. The van der Waals surface area contributed by atoms with Crippen molar-refractivity contribution in [1.29, 1.82) is 0 Å². The molecule has 2 N–H and O–H groups in total. The summed E-state index contributed by atoms with van der Waals surface area (Å²) in [5.74, 6) is -0.141. The molecule has 0 spiro atoms. The zero-order valence-electron chi connectivity index (χ0n) is 24.3. The Labute approximate surface area is 248 Å². The van der Waals surface area contributed by atoms with Crippen molar-refractivity contribution >= 4 is 16.1 Å². The van der Waals surface area contributed by atoms with E-state index in [2.05, 4.69) is 5.32 Å². The summed E-state index contributed by atoms with van der Waals surface area (Å²) in [6.07, 6.45) is 0.393. The van der Waals surface area contributed by atoms with Gasteiger partial charge in [-0.25, -0.2) is 13.2 Å². The Morgan fingerprint density at radius 2 is 1.81 bits per heavy atom. The molecule has 4 rings (SSSR count). The quantitative estimate of drug-likeness (QED) is 0.294. The van der Waals surface area contributed by atoms with Crippen LogP contribution in [0, 0.1) is 0 Å². The number of rotatable bonds is 15. The number of aliphatic hydroxyl groups is 1. The first-order valence-electron chi connectivity index (χ1n) is 14.4. The molecule has 42 heavy (non-hydrogen) atoms. The van der Waals surface area contributed by atoms with Crippen molar-refractivity contribution in [1.82, 2.24) is 9.62 Å². The van der Waals surface area contributed by atoms with Gasteiger partial charge < -0.3 is 34.1 Å². The van der Waals surface area contributed by atoms with E-state index in [1.54, 1.807) is 12.1 Å². The van der Waals surface area contributed by atoms with Crippen LogP contribution in [-0.2, 0) is 35.4 Å². The van der Waals surface area contributed by atoms with E-state index in [1.165, 1.54) is 23.5 Å². The standard InChI is InChI=1S/C30H42N2O9S/c1-30(39-18-19-40-30)15-6-7-16-32(42(35,36)26-12-10-24(37-2)11-13-26)21-28(33)27(20-23-8-4-3-5-9-23)31-29(34)41-25-14-17-38-22-25/h3-5,8-13,25,27-28,33H,6-7,14-22H2,1-2H3,(H,31,34)/t25?,27-,28?/m0/s1. The molecule has 0 aliphatic carbocycles. The zero-order chi connectivity index (χ0) is 30.0. The number of methoxy groups -OCH3 is 1. The first-order valence-corrected chi connectivity index (χ1v) is 15.8. The summed E-state index contributed by atoms with van der Waals surface area (Å²) in [4.78, 5) is 12.8. The van der Waals surface area contributed by atoms with Crippen LogP contribution >= 0.6 is 0 Å². The third kappa shape index (κ3) is 9.13. The number of carbonyl (C=O) groups is 1. The van der Waals surface area contributed by atoms with Gasteiger partial charge in [-0.05, 0) is 56.0 Å². The normalized spacial score (nSPS) is 19.9. The molecule has 232 valence electrons. The molecule has 12 heteroatoms. The third-order valence-electron chi connectivity index (χ3n) is 7.50. The van der Waals surface area contributed by atoms with Gasteiger partial charge in [-0.3, -0.25) is 0 Å². The highest BCUT2D eigenvalue weighted by atomic mass is 32.2. The van der Waals surface area contributed by atoms with Gasteiger partial charge in [0.2, 0.25) is 10.0 Å². The van der Waals surface area contributed by atoms with Crippen LogP contribution in [0.5, 0.6) is 5.75 Å². The van der Waals surface area contributed by atoms with Crippen LogP contribution in [-0.4, -0.2) is 94.6 Å². The predicted molar refractivity (Wildman–Crippen MR) is 155 cm³/mol. The molecular weight excluding hydrogens is 564 g/mol. The summed E-state index contributed by atoms with van der Waals surface area (Å²) in [5, 5.41) is 14.2. The van der Waals surface area contributed by atoms with Crippen molar-refractivity contribution in [3.05, 3.63) is 60.2 Å². The van der Waals surface area contributed by atoms with Crippen molar-refractivity contribution in [2.75, 3.05) is 46.6 Å². The number of carbonyl (C=O) groups excluding carboxylic acids is 1. The van der Waals surface area contributed by atoms with Crippen molar-refractivity contribution in [2.24, 2.45) is 0 Å². The summed E-state index contributed by atoms with van der Waals surface area (Å²) >= 11 is 0. The molecular formula is C30H42N2O9S. The lowest BCUT2D eigenvalue weighted by atomic mass is 10.0. The number of hydrogen-bond donors (Lipinski definition) is 2. The monoisotopic (exact) mass is 606 g/mol. The number of unbranched alkanes of at least 4 members (excludes halogenated alkanes) is 1. The fourth-order valence-electron chi connectivity index (χ4n) is 5.07. The van der Waals surface area contributed by atoms with Gasteiger partial charge in [0, 0.05) is 25.9 Å². The van der Waals surface area contributed by atoms with Crippen LogP contribution < -0.4 is 10.1 Å². The molecule has 1 amide bonds. The number of aliphatic hydroxyl groups excluding tert-OH is 1. The molecule has 0 saturated carbocycles. The topological polar surface area (TPSA) is 133 Å². The summed E-state index contributed by atoms with van der Waals surface area (Å²) in [6.45, 7) is 3.71. The average Bonchev–Trinajstić information content (AvgIpc) is 3.66. The van der Waals surface area contributed by atoms with Gasteiger partial charge in [-0.15, -0.1) is 0 Å². The number of nitrogens with one attached hydrogen (secondary N) is 1. The molecule has 3 atom stereocenters. The Kier molecular flexibility index (Phi) is 11.6. The van der Waals surface area contributed by atoms with Crippen LogP contribution in [0.2, 0.25) is 0 Å². The van der Waals surface area contributed by atoms with Gasteiger partial charge >= 0.3 is 6.09 Å². The summed E-state index contributed by atoms with van der Waals surface area (Å²) < 4.78 is 56.2. The smallest absolute Gasteiger partial charge is 0.407 e. The van der Waals surface area contributed by atoms with E-state index in [1.807, 2.05) is 37.3 Å². The number of amides is 1. The van der Waals surface area contributed by atoms with E-state index in [9.17, 15) is 18.3 Å². The Bertz CT molecular complexity index is 1220. The lowest BCUT2D eigenvalue weighted by Gasteiger charge is -2.30. The van der Waals surface area contributed by atoms with Crippen molar-refractivity contribution < 1.29 is 42.0 Å². The molecule has 11 nitrogen and oxygen atoms in total. The maximum absolute atomic E-state index is 13.8. The molecule has 0 bridgehead atoms. The van der Waals surface area contributed by atoms with E-state index in [4.69, 9.17) is 23.7 Å². The van der Waals surface area contributed by atoms with Crippen LogP contribution in [0.3, 0.4) is 0 Å². The number of benzene rings is 2. The molecule has 2 aliphatic heterocycles. The van der Waals surface area contributed by atoms with Crippen LogP contribution in [0.1, 0.15) is 38.2 Å². The molecule has 2 saturated heterocycles. The number of hydrogen-bond acceptors (Lipinski definition) is 9. The second kappa shape index (κ2) is 15.1. The van der Waals surface area contributed by atoms with E-state index in [0.29, 0.717) is 57.9 Å². The molecule has 2 fully saturated rings. The minimum absolute atomic E-state index is 0.0816. The van der Waals surface area contributed by atoms with Gasteiger partial charge in [0.1, 0.15) is 11.9 Å². The first-order chi connectivity index (χ1) is 20.2. The second-order valence-electron chi connectivity index (χ2n) is 10.7. The summed E-state index contributed by atoms with van der Waals surface area (Å²) in [6, 6.07) is 14.7. The Morgan fingerprint density at radius 3 is 2.45 bits per heavy atom. The fourth-order valence-corrected chi connectivity index (χ4v) is 6.57. The number of sulfonamides is 1. The molecule has 0 radical (unpaired) electrons. The fraction of sp³-hybridized carbons (Fsp3) is 0.567. The molecule has 0 aromatic heterocycles. The van der Waals surface area contributed by atoms with E-state index in [-0.39, 0.29) is 30.5 Å². The van der Waals surface area contributed by atoms with Gasteiger partial charge in [0.15, 0.2) is 5.79 Å². The minimum atomic E-state index is -3.99.